The highest BCUT2D eigenvalue weighted by atomic mass is 19.1. The Morgan fingerprint density at radius 3 is 2.71 bits per heavy atom. The number of halogens is 1. The maximum Gasteiger partial charge on any atom is 0.254 e. The van der Waals surface area contributed by atoms with Crippen LogP contribution in [-0.2, 0) is 6.42 Å². The highest BCUT2D eigenvalue weighted by Crippen LogP contribution is 2.17. The van der Waals surface area contributed by atoms with Gasteiger partial charge in [0.25, 0.3) is 5.91 Å². The Morgan fingerprint density at radius 2 is 1.92 bits per heavy atom. The summed E-state index contributed by atoms with van der Waals surface area (Å²) >= 11 is 0. The number of aryl methyl sites for hydroxylation is 1. The third-order valence-electron chi connectivity index (χ3n) is 3.55. The summed E-state index contributed by atoms with van der Waals surface area (Å²) in [5, 5.41) is 10.6. The first-order chi connectivity index (χ1) is 11.6. The fourth-order valence-electron chi connectivity index (χ4n) is 2.25. The Morgan fingerprint density at radius 1 is 1.12 bits per heavy atom. The van der Waals surface area contributed by atoms with Crippen LogP contribution in [-0.4, -0.2) is 22.6 Å². The molecule has 0 radical (unpaired) electrons. The normalized spacial score (nSPS) is 10.6. The van der Waals surface area contributed by atoms with Crippen molar-refractivity contribution in [3.8, 4) is 11.5 Å². The van der Waals surface area contributed by atoms with Crippen LogP contribution in [0, 0.1) is 12.7 Å². The summed E-state index contributed by atoms with van der Waals surface area (Å²) in [5.41, 5.74) is 1.31. The summed E-state index contributed by atoms with van der Waals surface area (Å²) in [4.78, 5) is 12.0. The van der Waals surface area contributed by atoms with Crippen molar-refractivity contribution in [2.45, 2.75) is 13.3 Å². The molecule has 0 unspecified atom stereocenters. The average molecular weight is 325 g/mol. The fourth-order valence-corrected chi connectivity index (χ4v) is 2.25. The number of carbonyl (C=O) groups excluding carboxylic acids is 1. The highest BCUT2D eigenvalue weighted by Gasteiger charge is 2.13. The van der Waals surface area contributed by atoms with Gasteiger partial charge in [-0.15, -0.1) is 10.2 Å². The predicted octanol–water partition coefficient (Wildman–Crippen LogP) is 3.16. The Labute approximate surface area is 138 Å². The molecule has 122 valence electrons. The molecule has 0 saturated heterocycles. The molecular formula is C18H16FN3O2. The summed E-state index contributed by atoms with van der Waals surface area (Å²) < 4.78 is 19.4. The molecule has 0 spiro atoms. The van der Waals surface area contributed by atoms with Crippen molar-refractivity contribution in [2.75, 3.05) is 6.54 Å². The Balaban J connectivity index is 1.58. The van der Waals surface area contributed by atoms with Crippen LogP contribution in [0.5, 0.6) is 0 Å². The number of rotatable bonds is 5. The Bertz CT molecular complexity index is 846. The monoisotopic (exact) mass is 325 g/mol. The smallest absolute Gasteiger partial charge is 0.254 e. The largest absolute Gasteiger partial charge is 0.421 e. The average Bonchev–Trinajstić information content (AvgIpc) is 3.07. The number of hydrogen-bond donors (Lipinski definition) is 1. The van der Waals surface area contributed by atoms with E-state index in [4.69, 9.17) is 4.42 Å². The molecule has 6 heteroatoms. The molecule has 1 N–H and O–H groups in total. The van der Waals surface area contributed by atoms with Gasteiger partial charge in [-0.2, -0.15) is 0 Å². The highest BCUT2D eigenvalue weighted by molar-refractivity contribution is 5.94. The van der Waals surface area contributed by atoms with E-state index >= 15 is 0 Å². The van der Waals surface area contributed by atoms with Gasteiger partial charge in [0.05, 0.1) is 5.56 Å². The number of nitrogens with zero attached hydrogens (tertiary/aromatic N) is 2. The van der Waals surface area contributed by atoms with Crippen molar-refractivity contribution >= 4 is 5.91 Å². The lowest BCUT2D eigenvalue weighted by Gasteiger charge is -2.06. The third kappa shape index (κ3) is 3.48. The van der Waals surface area contributed by atoms with Crippen LogP contribution in [0.3, 0.4) is 0 Å². The van der Waals surface area contributed by atoms with E-state index in [1.165, 1.54) is 6.07 Å². The van der Waals surface area contributed by atoms with Gasteiger partial charge in [0.1, 0.15) is 5.82 Å². The first kappa shape index (κ1) is 15.9. The molecule has 2 aromatic carbocycles. The van der Waals surface area contributed by atoms with Crippen LogP contribution in [0.1, 0.15) is 21.8 Å². The molecule has 0 bridgehead atoms. The SMILES string of the molecule is Cc1cccc(C(=O)NCCc2nnc(-c3ccccc3)o2)c1F. The second-order valence-corrected chi connectivity index (χ2v) is 5.31. The van der Waals surface area contributed by atoms with Gasteiger partial charge < -0.3 is 9.73 Å². The van der Waals surface area contributed by atoms with Gasteiger partial charge in [-0.25, -0.2) is 4.39 Å². The Hall–Kier alpha value is -3.02. The topological polar surface area (TPSA) is 68.0 Å². The molecule has 1 amide bonds. The molecule has 0 aliphatic heterocycles. The Kier molecular flexibility index (Phi) is 4.65. The number of nitrogens with one attached hydrogen (secondary N) is 1. The minimum atomic E-state index is -0.501. The van der Waals surface area contributed by atoms with E-state index in [1.54, 1.807) is 19.1 Å². The van der Waals surface area contributed by atoms with Crippen LogP contribution in [0.25, 0.3) is 11.5 Å². The molecule has 0 atom stereocenters. The van der Waals surface area contributed by atoms with E-state index in [0.717, 1.165) is 5.56 Å². The van der Waals surface area contributed by atoms with Gasteiger partial charge >= 0.3 is 0 Å². The fraction of sp³-hybridized carbons (Fsp3) is 0.167. The second kappa shape index (κ2) is 7.04. The number of benzene rings is 2. The number of amides is 1. The van der Waals surface area contributed by atoms with Crippen molar-refractivity contribution in [2.24, 2.45) is 0 Å². The standard InChI is InChI=1S/C18H16FN3O2/c1-12-6-5-9-14(16(12)19)17(23)20-11-10-15-21-22-18(24-15)13-7-3-2-4-8-13/h2-9H,10-11H2,1H3,(H,20,23). The number of carbonyl (C=O) groups is 1. The molecular weight excluding hydrogens is 309 g/mol. The van der Waals surface area contributed by atoms with E-state index in [2.05, 4.69) is 15.5 Å². The van der Waals surface area contributed by atoms with Gasteiger partial charge in [0.15, 0.2) is 0 Å². The zero-order valence-electron chi connectivity index (χ0n) is 13.1. The van der Waals surface area contributed by atoms with Gasteiger partial charge in [0.2, 0.25) is 11.8 Å². The number of hydrogen-bond acceptors (Lipinski definition) is 4. The zero-order valence-corrected chi connectivity index (χ0v) is 13.1. The summed E-state index contributed by atoms with van der Waals surface area (Å²) in [6.07, 6.45) is 0.374. The number of aromatic nitrogens is 2. The minimum Gasteiger partial charge on any atom is -0.421 e. The maximum atomic E-state index is 13.9. The van der Waals surface area contributed by atoms with Gasteiger partial charge in [-0.3, -0.25) is 4.79 Å². The molecule has 0 fully saturated rings. The molecule has 5 nitrogen and oxygen atoms in total. The minimum absolute atomic E-state index is 0.0329. The van der Waals surface area contributed by atoms with Crippen molar-refractivity contribution < 1.29 is 13.6 Å². The van der Waals surface area contributed by atoms with Crippen molar-refractivity contribution in [3.63, 3.8) is 0 Å². The molecule has 24 heavy (non-hydrogen) atoms. The van der Waals surface area contributed by atoms with Gasteiger partial charge in [0, 0.05) is 18.5 Å². The van der Waals surface area contributed by atoms with E-state index in [0.29, 0.717) is 23.8 Å². The molecule has 3 aromatic rings. The summed E-state index contributed by atoms with van der Waals surface area (Å²) in [6, 6.07) is 14.1. The van der Waals surface area contributed by atoms with E-state index < -0.39 is 11.7 Å². The lowest BCUT2D eigenvalue weighted by atomic mass is 10.1. The lowest BCUT2D eigenvalue weighted by molar-refractivity contribution is 0.0949. The zero-order chi connectivity index (χ0) is 16.9. The first-order valence-corrected chi connectivity index (χ1v) is 7.56. The molecule has 1 heterocycles. The molecule has 0 aliphatic carbocycles. The van der Waals surface area contributed by atoms with Crippen molar-refractivity contribution in [3.05, 3.63) is 71.4 Å². The van der Waals surface area contributed by atoms with Crippen molar-refractivity contribution in [1.29, 1.82) is 0 Å². The molecule has 0 aliphatic rings. The molecule has 1 aromatic heterocycles. The van der Waals surface area contributed by atoms with E-state index in [1.807, 2.05) is 30.3 Å². The van der Waals surface area contributed by atoms with Gasteiger partial charge in [-0.05, 0) is 30.7 Å². The second-order valence-electron chi connectivity index (χ2n) is 5.31. The maximum absolute atomic E-state index is 13.9. The lowest BCUT2D eigenvalue weighted by Crippen LogP contribution is -2.26. The summed E-state index contributed by atoms with van der Waals surface area (Å²) in [7, 11) is 0. The quantitative estimate of drug-likeness (QED) is 0.782. The summed E-state index contributed by atoms with van der Waals surface area (Å²) in [5.74, 6) is -0.112. The van der Waals surface area contributed by atoms with Gasteiger partial charge in [-0.1, -0.05) is 30.3 Å². The van der Waals surface area contributed by atoms with Crippen LogP contribution in [0.4, 0.5) is 4.39 Å². The molecule has 3 rings (SSSR count). The van der Waals surface area contributed by atoms with E-state index in [-0.39, 0.29) is 12.1 Å². The van der Waals surface area contributed by atoms with Crippen molar-refractivity contribution in [1.82, 2.24) is 15.5 Å². The van der Waals surface area contributed by atoms with E-state index in [9.17, 15) is 9.18 Å². The van der Waals surface area contributed by atoms with Crippen LogP contribution >= 0.6 is 0 Å². The molecule has 0 saturated carbocycles. The predicted molar refractivity (Wildman–Crippen MR) is 86.9 cm³/mol. The van der Waals surface area contributed by atoms with Crippen LogP contribution in [0.2, 0.25) is 0 Å². The third-order valence-corrected chi connectivity index (χ3v) is 3.55. The van der Waals surface area contributed by atoms with Crippen LogP contribution < -0.4 is 5.32 Å². The first-order valence-electron chi connectivity index (χ1n) is 7.56. The van der Waals surface area contributed by atoms with Crippen LogP contribution in [0.15, 0.2) is 52.9 Å². The summed E-state index contributed by atoms with van der Waals surface area (Å²) in [6.45, 7) is 1.90.